The Balaban J connectivity index is 1.97. The zero-order valence-electron chi connectivity index (χ0n) is 7.79. The van der Waals surface area contributed by atoms with Crippen molar-refractivity contribution in [1.29, 1.82) is 0 Å². The summed E-state index contributed by atoms with van der Waals surface area (Å²) in [5.41, 5.74) is 7.53. The van der Waals surface area contributed by atoms with E-state index in [0.717, 1.165) is 12.1 Å². The molecule has 1 unspecified atom stereocenters. The van der Waals surface area contributed by atoms with Gasteiger partial charge in [-0.05, 0) is 24.1 Å². The van der Waals surface area contributed by atoms with Crippen LogP contribution in [0.4, 0.5) is 10.5 Å². The Labute approximate surface area is 82.5 Å². The van der Waals surface area contributed by atoms with Crippen molar-refractivity contribution in [3.05, 3.63) is 29.8 Å². The monoisotopic (exact) mass is 191 g/mol. The van der Waals surface area contributed by atoms with Crippen LogP contribution in [0.3, 0.4) is 0 Å². The summed E-state index contributed by atoms with van der Waals surface area (Å²) in [5, 5.41) is 5.56. The molecular weight excluding hydrogens is 178 g/mol. The van der Waals surface area contributed by atoms with Gasteiger partial charge in [0.05, 0.1) is 6.04 Å². The molecule has 0 bridgehead atoms. The minimum absolute atomic E-state index is 0.0783. The van der Waals surface area contributed by atoms with E-state index >= 15 is 0 Å². The van der Waals surface area contributed by atoms with E-state index in [0.29, 0.717) is 6.54 Å². The highest BCUT2D eigenvalue weighted by Crippen LogP contribution is 2.08. The molecule has 2 amide bonds. The molecule has 14 heavy (non-hydrogen) atoms. The van der Waals surface area contributed by atoms with E-state index in [1.54, 1.807) is 0 Å². The normalized spacial score (nSPS) is 20.3. The molecule has 0 radical (unpaired) electrons. The van der Waals surface area contributed by atoms with Gasteiger partial charge in [-0.2, -0.15) is 0 Å². The van der Waals surface area contributed by atoms with Gasteiger partial charge in [-0.15, -0.1) is 0 Å². The number of hydrogen-bond acceptors (Lipinski definition) is 2. The van der Waals surface area contributed by atoms with Crippen LogP contribution in [0, 0.1) is 0 Å². The van der Waals surface area contributed by atoms with Crippen LogP contribution in [-0.4, -0.2) is 18.6 Å². The maximum Gasteiger partial charge on any atom is 0.315 e. The molecule has 1 heterocycles. The second-order valence-electron chi connectivity index (χ2n) is 3.50. The fraction of sp³-hybridized carbons (Fsp3) is 0.300. The van der Waals surface area contributed by atoms with Crippen molar-refractivity contribution in [1.82, 2.24) is 10.6 Å². The van der Waals surface area contributed by atoms with E-state index in [4.69, 9.17) is 5.73 Å². The van der Waals surface area contributed by atoms with E-state index in [9.17, 15) is 4.79 Å². The Morgan fingerprint density at radius 3 is 2.64 bits per heavy atom. The van der Waals surface area contributed by atoms with Gasteiger partial charge in [0.2, 0.25) is 0 Å². The second kappa shape index (κ2) is 3.57. The minimum atomic E-state index is -0.0783. The van der Waals surface area contributed by atoms with Gasteiger partial charge in [0, 0.05) is 12.2 Å². The van der Waals surface area contributed by atoms with Crippen molar-refractivity contribution in [2.45, 2.75) is 12.5 Å². The maximum atomic E-state index is 10.9. The number of nitrogens with two attached hydrogens (primary N) is 1. The predicted octanol–water partition coefficient (Wildman–Crippen LogP) is 0.493. The Kier molecular flexibility index (Phi) is 2.26. The average Bonchev–Trinajstić information content (AvgIpc) is 2.56. The predicted molar refractivity (Wildman–Crippen MR) is 54.9 cm³/mol. The molecule has 4 heteroatoms. The zero-order chi connectivity index (χ0) is 9.97. The third-order valence-electron chi connectivity index (χ3n) is 2.31. The van der Waals surface area contributed by atoms with Crippen molar-refractivity contribution in [2.75, 3.05) is 12.3 Å². The summed E-state index contributed by atoms with van der Waals surface area (Å²) >= 11 is 0. The largest absolute Gasteiger partial charge is 0.399 e. The second-order valence-corrected chi connectivity index (χ2v) is 3.50. The molecule has 0 saturated carbocycles. The number of urea groups is 1. The van der Waals surface area contributed by atoms with Gasteiger partial charge in [0.1, 0.15) is 0 Å². The van der Waals surface area contributed by atoms with Crippen molar-refractivity contribution in [2.24, 2.45) is 0 Å². The number of carbonyl (C=O) groups excluding carboxylic acids is 1. The molecule has 1 aliphatic heterocycles. The van der Waals surface area contributed by atoms with Crippen molar-refractivity contribution >= 4 is 11.7 Å². The quantitative estimate of drug-likeness (QED) is 0.596. The summed E-state index contributed by atoms with van der Waals surface area (Å²) in [4.78, 5) is 10.9. The zero-order valence-corrected chi connectivity index (χ0v) is 7.79. The van der Waals surface area contributed by atoms with E-state index < -0.39 is 0 Å². The molecule has 0 aliphatic carbocycles. The molecule has 0 aromatic heterocycles. The summed E-state index contributed by atoms with van der Waals surface area (Å²) < 4.78 is 0. The van der Waals surface area contributed by atoms with Crippen molar-refractivity contribution in [3.63, 3.8) is 0 Å². The first-order valence-electron chi connectivity index (χ1n) is 4.63. The standard InChI is InChI=1S/C10H13N3O/c11-8-3-1-7(2-4-8)5-9-6-12-10(14)13-9/h1-4,9H,5-6,11H2,(H2,12,13,14). The lowest BCUT2D eigenvalue weighted by Crippen LogP contribution is -2.28. The Morgan fingerprint density at radius 2 is 2.07 bits per heavy atom. The molecule has 4 nitrogen and oxygen atoms in total. The summed E-state index contributed by atoms with van der Waals surface area (Å²) in [6.45, 7) is 0.698. The number of anilines is 1. The lowest BCUT2D eigenvalue weighted by Gasteiger charge is -2.08. The van der Waals surface area contributed by atoms with Crippen LogP contribution < -0.4 is 16.4 Å². The van der Waals surface area contributed by atoms with Gasteiger partial charge in [0.15, 0.2) is 0 Å². The number of benzene rings is 1. The van der Waals surface area contributed by atoms with Crippen LogP contribution in [0.15, 0.2) is 24.3 Å². The Bertz CT molecular complexity index is 334. The molecule has 1 aromatic rings. The smallest absolute Gasteiger partial charge is 0.315 e. The molecular formula is C10H13N3O. The summed E-state index contributed by atoms with van der Waals surface area (Å²) in [6, 6.07) is 7.84. The molecule has 4 N–H and O–H groups in total. The van der Waals surface area contributed by atoms with E-state index in [1.165, 1.54) is 5.56 Å². The number of nitrogen functional groups attached to an aromatic ring is 1. The number of carbonyl (C=O) groups is 1. The topological polar surface area (TPSA) is 67.1 Å². The van der Waals surface area contributed by atoms with Crippen molar-refractivity contribution in [3.8, 4) is 0 Å². The first-order valence-corrected chi connectivity index (χ1v) is 4.63. The van der Waals surface area contributed by atoms with Gasteiger partial charge < -0.3 is 16.4 Å². The number of rotatable bonds is 2. The summed E-state index contributed by atoms with van der Waals surface area (Å²) in [7, 11) is 0. The van der Waals surface area contributed by atoms with Crippen molar-refractivity contribution < 1.29 is 4.79 Å². The summed E-state index contributed by atoms with van der Waals surface area (Å²) in [6.07, 6.45) is 0.846. The molecule has 0 spiro atoms. The summed E-state index contributed by atoms with van der Waals surface area (Å²) in [5.74, 6) is 0. The van der Waals surface area contributed by atoms with Crippen LogP contribution in [0.2, 0.25) is 0 Å². The maximum absolute atomic E-state index is 10.9. The molecule has 1 atom stereocenters. The van der Waals surface area contributed by atoms with E-state index in [-0.39, 0.29) is 12.1 Å². The van der Waals surface area contributed by atoms with Gasteiger partial charge in [0.25, 0.3) is 0 Å². The lowest BCUT2D eigenvalue weighted by atomic mass is 10.1. The van der Waals surface area contributed by atoms with Crippen LogP contribution in [0.5, 0.6) is 0 Å². The first kappa shape index (κ1) is 8.87. The number of nitrogens with one attached hydrogen (secondary N) is 2. The third kappa shape index (κ3) is 1.96. The first-order chi connectivity index (χ1) is 6.74. The van der Waals surface area contributed by atoms with Crippen LogP contribution >= 0.6 is 0 Å². The SMILES string of the molecule is Nc1ccc(CC2CNC(=O)N2)cc1. The highest BCUT2D eigenvalue weighted by atomic mass is 16.2. The lowest BCUT2D eigenvalue weighted by molar-refractivity contribution is 0.247. The fourth-order valence-electron chi connectivity index (χ4n) is 1.56. The number of amides is 2. The number of hydrogen-bond donors (Lipinski definition) is 3. The Morgan fingerprint density at radius 1 is 1.36 bits per heavy atom. The van der Waals surface area contributed by atoms with Gasteiger partial charge in [-0.25, -0.2) is 4.79 Å². The fourth-order valence-corrected chi connectivity index (χ4v) is 1.56. The highest BCUT2D eigenvalue weighted by molar-refractivity contribution is 5.76. The molecule has 1 aliphatic rings. The van der Waals surface area contributed by atoms with E-state index in [2.05, 4.69) is 10.6 Å². The molecule has 74 valence electrons. The average molecular weight is 191 g/mol. The van der Waals surface area contributed by atoms with Crippen LogP contribution in [-0.2, 0) is 6.42 Å². The molecule has 1 saturated heterocycles. The molecule has 1 aromatic carbocycles. The molecule has 1 fully saturated rings. The van der Waals surface area contributed by atoms with Crippen LogP contribution in [0.25, 0.3) is 0 Å². The van der Waals surface area contributed by atoms with E-state index in [1.807, 2.05) is 24.3 Å². The van der Waals surface area contributed by atoms with Crippen LogP contribution in [0.1, 0.15) is 5.56 Å². The highest BCUT2D eigenvalue weighted by Gasteiger charge is 2.19. The minimum Gasteiger partial charge on any atom is -0.399 e. The van der Waals surface area contributed by atoms with Gasteiger partial charge in [-0.3, -0.25) is 0 Å². The van der Waals surface area contributed by atoms with Gasteiger partial charge >= 0.3 is 6.03 Å². The van der Waals surface area contributed by atoms with Gasteiger partial charge in [-0.1, -0.05) is 12.1 Å². The third-order valence-corrected chi connectivity index (χ3v) is 2.31. The Hall–Kier alpha value is -1.71. The molecule has 2 rings (SSSR count).